The average Bonchev–Trinajstić information content (AvgIpc) is 2.36. The number of unbranched alkanes of at least 4 members (excludes halogenated alkanes) is 1. The summed E-state index contributed by atoms with van der Waals surface area (Å²) in [7, 11) is 0. The zero-order chi connectivity index (χ0) is 14.3. The Balaban J connectivity index is 2.74. The fourth-order valence-electron chi connectivity index (χ4n) is 1.95. The number of hydrogen-bond acceptors (Lipinski definition) is 1. The molecule has 1 aromatic rings. The van der Waals surface area contributed by atoms with E-state index in [1.54, 1.807) is 0 Å². The van der Waals surface area contributed by atoms with Crippen molar-refractivity contribution in [2.75, 3.05) is 0 Å². The highest BCUT2D eigenvalue weighted by Crippen LogP contribution is 2.16. The van der Waals surface area contributed by atoms with Gasteiger partial charge in [-0.15, -0.1) is 0 Å². The molecule has 2 atom stereocenters. The van der Waals surface area contributed by atoms with E-state index in [0.29, 0.717) is 0 Å². The average molecular weight is 266 g/mol. The highest BCUT2D eigenvalue weighted by Gasteiger charge is 2.14. The molecule has 1 nitrogen and oxygen atoms in total. The van der Waals surface area contributed by atoms with E-state index >= 15 is 0 Å². The molecular formula is C16H20F2O. The van der Waals surface area contributed by atoms with Gasteiger partial charge in [-0.05, 0) is 30.9 Å². The number of rotatable bonds is 5. The number of halogens is 2. The van der Waals surface area contributed by atoms with Gasteiger partial charge in [-0.1, -0.05) is 38.5 Å². The van der Waals surface area contributed by atoms with Crippen molar-refractivity contribution in [3.8, 4) is 11.8 Å². The van der Waals surface area contributed by atoms with Gasteiger partial charge in [-0.2, -0.15) is 0 Å². The minimum absolute atomic E-state index is 0.117. The van der Waals surface area contributed by atoms with E-state index in [2.05, 4.69) is 18.8 Å². The first-order valence-corrected chi connectivity index (χ1v) is 6.72. The molecule has 0 saturated carbocycles. The second kappa shape index (κ2) is 7.91. The predicted octanol–water partition coefficient (Wildman–Crippen LogP) is 3.89. The van der Waals surface area contributed by atoms with Crippen LogP contribution in [0.25, 0.3) is 0 Å². The van der Waals surface area contributed by atoms with Gasteiger partial charge in [0.1, 0.15) is 17.7 Å². The second-order valence-electron chi connectivity index (χ2n) is 4.68. The van der Waals surface area contributed by atoms with E-state index in [9.17, 15) is 13.9 Å². The fraction of sp³-hybridized carbons (Fsp3) is 0.500. The molecule has 1 N–H and O–H groups in total. The standard InChI is InChI=1S/C16H20F2O/c1-3-5-6-13(4-2)16(19)8-7-12-9-14(17)11-15(18)10-12/h9-11,13,16,19H,3-6H2,1-2H3. The molecule has 0 fully saturated rings. The monoisotopic (exact) mass is 266 g/mol. The first-order valence-electron chi connectivity index (χ1n) is 6.72. The Morgan fingerprint density at radius 1 is 1.16 bits per heavy atom. The third-order valence-corrected chi connectivity index (χ3v) is 3.13. The smallest absolute Gasteiger partial charge is 0.127 e. The van der Waals surface area contributed by atoms with Crippen LogP contribution in [0, 0.1) is 29.4 Å². The van der Waals surface area contributed by atoms with Gasteiger partial charge in [0.2, 0.25) is 0 Å². The van der Waals surface area contributed by atoms with Crippen molar-refractivity contribution < 1.29 is 13.9 Å². The lowest BCUT2D eigenvalue weighted by molar-refractivity contribution is 0.150. The van der Waals surface area contributed by atoms with Crippen molar-refractivity contribution in [3.05, 3.63) is 35.4 Å². The van der Waals surface area contributed by atoms with Crippen LogP contribution in [-0.4, -0.2) is 11.2 Å². The molecule has 0 aromatic heterocycles. The van der Waals surface area contributed by atoms with Crippen LogP contribution in [0.1, 0.15) is 45.1 Å². The van der Waals surface area contributed by atoms with E-state index in [4.69, 9.17) is 0 Å². The van der Waals surface area contributed by atoms with Crippen LogP contribution >= 0.6 is 0 Å². The number of aliphatic hydroxyl groups excluding tert-OH is 1. The lowest BCUT2D eigenvalue weighted by Gasteiger charge is -2.16. The Morgan fingerprint density at radius 2 is 1.79 bits per heavy atom. The molecule has 2 unspecified atom stereocenters. The summed E-state index contributed by atoms with van der Waals surface area (Å²) in [6.45, 7) is 4.10. The predicted molar refractivity (Wildman–Crippen MR) is 72.5 cm³/mol. The van der Waals surface area contributed by atoms with Gasteiger partial charge in [-0.3, -0.25) is 0 Å². The number of aliphatic hydroxyl groups is 1. The summed E-state index contributed by atoms with van der Waals surface area (Å²) in [5.41, 5.74) is 0.252. The third kappa shape index (κ3) is 5.40. The zero-order valence-electron chi connectivity index (χ0n) is 11.4. The molecule has 104 valence electrons. The van der Waals surface area contributed by atoms with Gasteiger partial charge in [0.15, 0.2) is 0 Å². The van der Waals surface area contributed by atoms with Crippen molar-refractivity contribution in [1.82, 2.24) is 0 Å². The highest BCUT2D eigenvalue weighted by molar-refractivity contribution is 5.35. The largest absolute Gasteiger partial charge is 0.380 e. The SMILES string of the molecule is CCCCC(CC)C(O)C#Cc1cc(F)cc(F)c1. The van der Waals surface area contributed by atoms with Gasteiger partial charge in [-0.25, -0.2) is 8.78 Å². The minimum atomic E-state index is -0.747. The molecule has 0 heterocycles. The summed E-state index contributed by atoms with van der Waals surface area (Å²) in [5, 5.41) is 9.97. The molecule has 0 radical (unpaired) electrons. The summed E-state index contributed by atoms with van der Waals surface area (Å²) < 4.78 is 25.9. The number of hydrogen-bond donors (Lipinski definition) is 1. The van der Waals surface area contributed by atoms with Crippen molar-refractivity contribution in [3.63, 3.8) is 0 Å². The minimum Gasteiger partial charge on any atom is -0.380 e. The summed E-state index contributed by atoms with van der Waals surface area (Å²) in [6, 6.07) is 3.13. The van der Waals surface area contributed by atoms with Crippen LogP contribution in [0.15, 0.2) is 18.2 Å². The maximum absolute atomic E-state index is 13.0. The van der Waals surface area contributed by atoms with E-state index in [1.165, 1.54) is 0 Å². The fourth-order valence-corrected chi connectivity index (χ4v) is 1.95. The molecule has 0 spiro atoms. The molecule has 0 saturated heterocycles. The third-order valence-electron chi connectivity index (χ3n) is 3.13. The first kappa shape index (κ1) is 15.7. The van der Waals surface area contributed by atoms with Crippen LogP contribution in [0.3, 0.4) is 0 Å². The van der Waals surface area contributed by atoms with Crippen molar-refractivity contribution in [2.24, 2.45) is 5.92 Å². The lowest BCUT2D eigenvalue weighted by atomic mass is 9.93. The summed E-state index contributed by atoms with van der Waals surface area (Å²) >= 11 is 0. The molecule has 1 aromatic carbocycles. The van der Waals surface area contributed by atoms with Crippen molar-refractivity contribution in [2.45, 2.75) is 45.6 Å². The summed E-state index contributed by atoms with van der Waals surface area (Å²) in [6.07, 6.45) is 3.13. The van der Waals surface area contributed by atoms with Gasteiger partial charge in [0.05, 0.1) is 0 Å². The molecule has 0 bridgehead atoms. The Bertz CT molecular complexity index is 439. The molecule has 3 heteroatoms. The lowest BCUT2D eigenvalue weighted by Crippen LogP contribution is -2.17. The van der Waals surface area contributed by atoms with Crippen LogP contribution < -0.4 is 0 Å². The van der Waals surface area contributed by atoms with Crippen molar-refractivity contribution >= 4 is 0 Å². The van der Waals surface area contributed by atoms with E-state index in [0.717, 1.165) is 43.9 Å². The van der Waals surface area contributed by atoms with Gasteiger partial charge < -0.3 is 5.11 Å². The van der Waals surface area contributed by atoms with Crippen LogP contribution in [-0.2, 0) is 0 Å². The Hall–Kier alpha value is -1.40. The quantitative estimate of drug-likeness (QED) is 0.801. The maximum atomic E-state index is 13.0. The van der Waals surface area contributed by atoms with Crippen LogP contribution in [0.5, 0.6) is 0 Å². The highest BCUT2D eigenvalue weighted by atomic mass is 19.1. The van der Waals surface area contributed by atoms with Crippen LogP contribution in [0.4, 0.5) is 8.78 Å². The van der Waals surface area contributed by atoms with Gasteiger partial charge >= 0.3 is 0 Å². The first-order chi connectivity index (χ1) is 9.06. The normalized spacial score (nSPS) is 13.5. The molecule has 0 aliphatic carbocycles. The van der Waals surface area contributed by atoms with Crippen molar-refractivity contribution in [1.29, 1.82) is 0 Å². The topological polar surface area (TPSA) is 20.2 Å². The molecular weight excluding hydrogens is 246 g/mol. The molecule has 0 amide bonds. The summed E-state index contributed by atoms with van der Waals surface area (Å²) in [4.78, 5) is 0. The molecule has 1 rings (SSSR count). The van der Waals surface area contributed by atoms with E-state index in [1.807, 2.05) is 6.92 Å². The molecule has 0 aliphatic heterocycles. The maximum Gasteiger partial charge on any atom is 0.127 e. The van der Waals surface area contributed by atoms with Crippen LogP contribution in [0.2, 0.25) is 0 Å². The van der Waals surface area contributed by atoms with E-state index in [-0.39, 0.29) is 11.5 Å². The van der Waals surface area contributed by atoms with E-state index < -0.39 is 17.7 Å². The number of benzene rings is 1. The second-order valence-corrected chi connectivity index (χ2v) is 4.68. The zero-order valence-corrected chi connectivity index (χ0v) is 11.4. The Morgan fingerprint density at radius 3 is 2.32 bits per heavy atom. The summed E-state index contributed by atoms with van der Waals surface area (Å²) in [5.74, 6) is 4.13. The Labute approximate surface area is 113 Å². The van der Waals surface area contributed by atoms with Gasteiger partial charge in [0.25, 0.3) is 0 Å². The molecule has 0 aliphatic rings. The van der Waals surface area contributed by atoms with Gasteiger partial charge in [0, 0.05) is 11.6 Å². The molecule has 19 heavy (non-hydrogen) atoms. The Kier molecular flexibility index (Phi) is 6.52.